The lowest BCUT2D eigenvalue weighted by Gasteiger charge is -2.33. The van der Waals surface area contributed by atoms with E-state index in [1.807, 2.05) is 6.08 Å². The molecule has 0 spiro atoms. The van der Waals surface area contributed by atoms with E-state index in [4.69, 9.17) is 0 Å². The summed E-state index contributed by atoms with van der Waals surface area (Å²) in [5, 5.41) is 0. The van der Waals surface area contributed by atoms with Crippen molar-refractivity contribution >= 4 is 0 Å². The van der Waals surface area contributed by atoms with Crippen LogP contribution in [0.4, 0.5) is 0 Å². The van der Waals surface area contributed by atoms with E-state index in [9.17, 15) is 0 Å². The molecule has 1 nitrogen and oxygen atoms in total. The SMILES string of the molecule is C=CC[N+](C)(Cc1ccccc1)Cc1ccccc1.[Cl-]. The molecule has 2 aromatic rings. The molecule has 2 aromatic carbocycles. The topological polar surface area (TPSA) is 0 Å². The lowest BCUT2D eigenvalue weighted by Crippen LogP contribution is -3.00. The normalized spacial score (nSPS) is 10.7. The van der Waals surface area contributed by atoms with Crippen LogP contribution in [-0.4, -0.2) is 18.1 Å². The van der Waals surface area contributed by atoms with Gasteiger partial charge in [-0.05, 0) is 6.08 Å². The summed E-state index contributed by atoms with van der Waals surface area (Å²) >= 11 is 0. The molecule has 2 rings (SSSR count). The highest BCUT2D eigenvalue weighted by Crippen LogP contribution is 2.17. The van der Waals surface area contributed by atoms with E-state index in [1.165, 1.54) is 11.1 Å². The van der Waals surface area contributed by atoms with Crippen LogP contribution in [0.15, 0.2) is 73.3 Å². The summed E-state index contributed by atoms with van der Waals surface area (Å²) in [6.07, 6.45) is 2.02. The first-order valence-electron chi connectivity index (χ1n) is 6.74. The van der Waals surface area contributed by atoms with Gasteiger partial charge in [-0.15, -0.1) is 0 Å². The van der Waals surface area contributed by atoms with E-state index >= 15 is 0 Å². The van der Waals surface area contributed by atoms with E-state index in [0.29, 0.717) is 0 Å². The number of nitrogens with zero attached hydrogens (tertiary/aromatic N) is 1. The molecule has 0 amide bonds. The molecule has 0 bridgehead atoms. The molecule has 0 aromatic heterocycles. The molecular formula is C18H22ClN. The zero-order valence-corrected chi connectivity index (χ0v) is 12.8. The molecule has 0 unspecified atom stereocenters. The molecular weight excluding hydrogens is 266 g/mol. The number of halogens is 1. The highest BCUT2D eigenvalue weighted by atomic mass is 35.5. The second-order valence-electron chi connectivity index (χ2n) is 5.38. The maximum Gasteiger partial charge on any atom is 0.105 e. The van der Waals surface area contributed by atoms with Crippen molar-refractivity contribution in [3.05, 3.63) is 84.4 Å². The third-order valence-electron chi connectivity index (χ3n) is 3.38. The van der Waals surface area contributed by atoms with Gasteiger partial charge in [-0.3, -0.25) is 0 Å². The second kappa shape index (κ2) is 7.88. The molecule has 0 aliphatic rings. The van der Waals surface area contributed by atoms with Crippen LogP contribution in [0.2, 0.25) is 0 Å². The fourth-order valence-electron chi connectivity index (χ4n) is 2.55. The first kappa shape index (κ1) is 16.5. The average molecular weight is 288 g/mol. The Balaban J connectivity index is 0.00000200. The summed E-state index contributed by atoms with van der Waals surface area (Å²) in [5.41, 5.74) is 2.76. The van der Waals surface area contributed by atoms with Crippen LogP contribution in [-0.2, 0) is 13.1 Å². The molecule has 0 heterocycles. The Bertz CT molecular complexity index is 466. The standard InChI is InChI=1S/C18H22N.ClH/c1-3-14-19(2,15-17-10-6-4-7-11-17)16-18-12-8-5-9-13-18;/h3-13H,1,14-16H2,2H3;1H/q+1;/p-1. The van der Waals surface area contributed by atoms with Crippen molar-refractivity contribution in [2.75, 3.05) is 13.6 Å². The summed E-state index contributed by atoms with van der Waals surface area (Å²) in [7, 11) is 2.29. The van der Waals surface area contributed by atoms with Gasteiger partial charge in [0.05, 0.1) is 13.6 Å². The van der Waals surface area contributed by atoms with Gasteiger partial charge in [0.2, 0.25) is 0 Å². The highest BCUT2D eigenvalue weighted by Gasteiger charge is 2.20. The summed E-state index contributed by atoms with van der Waals surface area (Å²) in [5.74, 6) is 0. The third-order valence-corrected chi connectivity index (χ3v) is 3.38. The molecule has 0 saturated heterocycles. The Kier molecular flexibility index (Phi) is 6.50. The number of rotatable bonds is 6. The van der Waals surface area contributed by atoms with E-state index in [-0.39, 0.29) is 12.4 Å². The Hall–Kier alpha value is -1.57. The molecule has 0 aliphatic heterocycles. The molecule has 0 N–H and O–H groups in total. The number of hydrogen-bond donors (Lipinski definition) is 0. The summed E-state index contributed by atoms with van der Waals surface area (Å²) in [4.78, 5) is 0. The minimum Gasteiger partial charge on any atom is -1.00 e. The Morgan fingerprint density at radius 3 is 1.60 bits per heavy atom. The van der Waals surface area contributed by atoms with Gasteiger partial charge in [-0.1, -0.05) is 67.2 Å². The Morgan fingerprint density at radius 1 is 0.850 bits per heavy atom. The third kappa shape index (κ3) is 4.84. The van der Waals surface area contributed by atoms with Crippen molar-refractivity contribution in [2.45, 2.75) is 13.1 Å². The van der Waals surface area contributed by atoms with E-state index in [1.54, 1.807) is 0 Å². The van der Waals surface area contributed by atoms with Crippen LogP contribution in [0.25, 0.3) is 0 Å². The fourth-order valence-corrected chi connectivity index (χ4v) is 2.55. The number of hydrogen-bond acceptors (Lipinski definition) is 0. The average Bonchev–Trinajstić information content (AvgIpc) is 2.41. The zero-order valence-electron chi connectivity index (χ0n) is 12.0. The largest absolute Gasteiger partial charge is 1.00 e. The molecule has 0 saturated carbocycles. The first-order valence-corrected chi connectivity index (χ1v) is 6.74. The van der Waals surface area contributed by atoms with Crippen LogP contribution in [0.3, 0.4) is 0 Å². The molecule has 20 heavy (non-hydrogen) atoms. The molecule has 0 aliphatic carbocycles. The highest BCUT2D eigenvalue weighted by molar-refractivity contribution is 5.15. The van der Waals surface area contributed by atoms with Gasteiger partial charge < -0.3 is 16.9 Å². The molecule has 2 heteroatoms. The maximum atomic E-state index is 3.91. The number of quaternary nitrogens is 1. The first-order chi connectivity index (χ1) is 9.22. The van der Waals surface area contributed by atoms with Gasteiger partial charge in [-0.2, -0.15) is 0 Å². The number of benzene rings is 2. The van der Waals surface area contributed by atoms with E-state index in [0.717, 1.165) is 24.1 Å². The fraction of sp³-hybridized carbons (Fsp3) is 0.222. The molecule has 0 radical (unpaired) electrons. The molecule has 106 valence electrons. The van der Waals surface area contributed by atoms with Gasteiger partial charge >= 0.3 is 0 Å². The zero-order chi connectivity index (χ0) is 13.6. The van der Waals surface area contributed by atoms with E-state index in [2.05, 4.69) is 74.3 Å². The van der Waals surface area contributed by atoms with Gasteiger partial charge in [0.25, 0.3) is 0 Å². The summed E-state index contributed by atoms with van der Waals surface area (Å²) in [6.45, 7) is 6.95. The molecule has 0 atom stereocenters. The lowest BCUT2D eigenvalue weighted by atomic mass is 10.1. The Morgan fingerprint density at radius 2 is 1.25 bits per heavy atom. The Labute approximate surface area is 128 Å². The van der Waals surface area contributed by atoms with Crippen LogP contribution >= 0.6 is 0 Å². The second-order valence-corrected chi connectivity index (χ2v) is 5.38. The monoisotopic (exact) mass is 287 g/mol. The van der Waals surface area contributed by atoms with Crippen molar-refractivity contribution in [1.82, 2.24) is 0 Å². The lowest BCUT2D eigenvalue weighted by molar-refractivity contribution is -0.930. The van der Waals surface area contributed by atoms with Gasteiger partial charge in [0.15, 0.2) is 0 Å². The predicted octanol–water partition coefficient (Wildman–Crippen LogP) is 1.02. The van der Waals surface area contributed by atoms with Crippen molar-refractivity contribution in [1.29, 1.82) is 0 Å². The van der Waals surface area contributed by atoms with Crippen LogP contribution < -0.4 is 12.4 Å². The number of likely N-dealkylation sites (N-methyl/N-ethyl adjacent to an activating group) is 1. The van der Waals surface area contributed by atoms with Crippen molar-refractivity contribution in [3.63, 3.8) is 0 Å². The van der Waals surface area contributed by atoms with Gasteiger partial charge in [0.1, 0.15) is 13.1 Å². The summed E-state index contributed by atoms with van der Waals surface area (Å²) < 4.78 is 0.956. The predicted molar refractivity (Wildman–Crippen MR) is 81.5 cm³/mol. The van der Waals surface area contributed by atoms with Crippen molar-refractivity contribution in [2.24, 2.45) is 0 Å². The van der Waals surface area contributed by atoms with Gasteiger partial charge in [-0.25, -0.2) is 0 Å². The minimum atomic E-state index is 0. The minimum absolute atomic E-state index is 0. The van der Waals surface area contributed by atoms with Crippen molar-refractivity contribution < 1.29 is 16.9 Å². The van der Waals surface area contributed by atoms with Crippen LogP contribution in [0.5, 0.6) is 0 Å². The maximum absolute atomic E-state index is 3.91. The quantitative estimate of drug-likeness (QED) is 0.550. The van der Waals surface area contributed by atoms with Crippen LogP contribution in [0, 0.1) is 0 Å². The van der Waals surface area contributed by atoms with Crippen molar-refractivity contribution in [3.8, 4) is 0 Å². The smallest absolute Gasteiger partial charge is 0.105 e. The van der Waals surface area contributed by atoms with E-state index < -0.39 is 0 Å². The van der Waals surface area contributed by atoms with Crippen LogP contribution in [0.1, 0.15) is 11.1 Å². The molecule has 0 fully saturated rings. The summed E-state index contributed by atoms with van der Waals surface area (Å²) in [6, 6.07) is 21.4. The van der Waals surface area contributed by atoms with Gasteiger partial charge in [0, 0.05) is 11.1 Å².